The molecule has 1 heterocycles. The van der Waals surface area contributed by atoms with Gasteiger partial charge in [0.2, 0.25) is 0 Å². The van der Waals surface area contributed by atoms with E-state index in [1.54, 1.807) is 0 Å². The van der Waals surface area contributed by atoms with Crippen molar-refractivity contribution >= 4 is 5.97 Å². The average Bonchev–Trinajstić information content (AvgIpc) is 2.27. The second-order valence-corrected chi connectivity index (χ2v) is 4.16. The fourth-order valence-corrected chi connectivity index (χ4v) is 2.07. The summed E-state index contributed by atoms with van der Waals surface area (Å²) in [6.45, 7) is 3.85. The highest BCUT2D eigenvalue weighted by atomic mass is 16.5. The van der Waals surface area contributed by atoms with Crippen LogP contribution in [-0.2, 0) is 9.53 Å². The maximum atomic E-state index is 11.0. The van der Waals surface area contributed by atoms with Crippen LogP contribution in [0.15, 0.2) is 0 Å². The number of aliphatic hydroxyl groups excluding tert-OH is 1. The van der Waals surface area contributed by atoms with Crippen molar-refractivity contribution in [3.05, 3.63) is 0 Å². The highest BCUT2D eigenvalue weighted by Crippen LogP contribution is 2.17. The predicted octanol–water partition coefficient (Wildman–Crippen LogP) is 0.323. The second-order valence-electron chi connectivity index (χ2n) is 4.16. The summed E-state index contributed by atoms with van der Waals surface area (Å²) in [7, 11) is 0. The van der Waals surface area contributed by atoms with Gasteiger partial charge in [-0.15, -0.1) is 0 Å². The molecule has 2 N–H and O–H groups in total. The van der Waals surface area contributed by atoms with Gasteiger partial charge in [-0.1, -0.05) is 6.42 Å². The number of hydrogen-bond acceptors (Lipinski definition) is 4. The first kappa shape index (κ1) is 13.4. The maximum absolute atomic E-state index is 11.0. The lowest BCUT2D eigenvalue weighted by Gasteiger charge is -2.34. The minimum absolute atomic E-state index is 0.277. The Morgan fingerprint density at radius 2 is 2.31 bits per heavy atom. The molecule has 5 heteroatoms. The summed E-state index contributed by atoms with van der Waals surface area (Å²) < 4.78 is 5.11. The second kappa shape index (κ2) is 6.83. The van der Waals surface area contributed by atoms with Crippen molar-refractivity contribution in [3.8, 4) is 0 Å². The topological polar surface area (TPSA) is 70.0 Å². The third-order valence-electron chi connectivity index (χ3n) is 2.86. The molecule has 1 fully saturated rings. The van der Waals surface area contributed by atoms with Gasteiger partial charge in [0.05, 0.1) is 12.7 Å². The Morgan fingerprint density at radius 1 is 1.56 bits per heavy atom. The van der Waals surface area contributed by atoms with Crippen molar-refractivity contribution in [2.45, 2.75) is 38.3 Å². The zero-order valence-electron chi connectivity index (χ0n) is 9.76. The normalized spacial score (nSPS) is 24.2. The molecule has 1 rings (SSSR count). The SMILES string of the molecule is CCOCC(O)CN1CCCCC1C(=O)O. The summed E-state index contributed by atoms with van der Waals surface area (Å²) in [5.74, 6) is -0.789. The molecule has 1 aliphatic heterocycles. The summed E-state index contributed by atoms with van der Waals surface area (Å²) in [5.41, 5.74) is 0. The van der Waals surface area contributed by atoms with Crippen LogP contribution in [0.3, 0.4) is 0 Å². The van der Waals surface area contributed by atoms with Gasteiger partial charge in [0, 0.05) is 13.2 Å². The molecule has 2 atom stereocenters. The monoisotopic (exact) mass is 231 g/mol. The zero-order valence-corrected chi connectivity index (χ0v) is 9.76. The molecule has 0 aromatic heterocycles. The lowest BCUT2D eigenvalue weighted by Crippen LogP contribution is -2.48. The van der Waals surface area contributed by atoms with Crippen LogP contribution in [0.5, 0.6) is 0 Å². The molecule has 0 aromatic rings. The molecule has 0 spiro atoms. The fraction of sp³-hybridized carbons (Fsp3) is 0.909. The largest absolute Gasteiger partial charge is 0.480 e. The summed E-state index contributed by atoms with van der Waals surface area (Å²) >= 11 is 0. The van der Waals surface area contributed by atoms with Gasteiger partial charge in [0.1, 0.15) is 6.04 Å². The third-order valence-corrected chi connectivity index (χ3v) is 2.86. The average molecular weight is 231 g/mol. The molecule has 2 unspecified atom stereocenters. The quantitative estimate of drug-likeness (QED) is 0.689. The zero-order chi connectivity index (χ0) is 12.0. The lowest BCUT2D eigenvalue weighted by molar-refractivity contribution is -0.145. The Bertz CT molecular complexity index is 222. The van der Waals surface area contributed by atoms with Gasteiger partial charge in [-0.3, -0.25) is 9.69 Å². The van der Waals surface area contributed by atoms with Gasteiger partial charge in [-0.05, 0) is 26.3 Å². The van der Waals surface area contributed by atoms with E-state index in [0.717, 1.165) is 19.4 Å². The smallest absolute Gasteiger partial charge is 0.320 e. The standard InChI is InChI=1S/C11H21NO4/c1-2-16-8-9(13)7-12-6-4-3-5-10(12)11(14)15/h9-10,13H,2-8H2,1H3,(H,14,15). The Labute approximate surface area is 96.0 Å². The summed E-state index contributed by atoms with van der Waals surface area (Å²) in [5, 5.41) is 18.7. The van der Waals surface area contributed by atoms with Gasteiger partial charge in [0.15, 0.2) is 0 Å². The van der Waals surface area contributed by atoms with Crippen LogP contribution in [0.4, 0.5) is 0 Å². The first-order valence-corrected chi connectivity index (χ1v) is 5.87. The summed E-state index contributed by atoms with van der Waals surface area (Å²) in [6.07, 6.45) is 2.04. The number of likely N-dealkylation sites (tertiary alicyclic amines) is 1. The van der Waals surface area contributed by atoms with Gasteiger partial charge in [-0.25, -0.2) is 0 Å². The van der Waals surface area contributed by atoms with Gasteiger partial charge >= 0.3 is 5.97 Å². The highest BCUT2D eigenvalue weighted by molar-refractivity contribution is 5.73. The Hall–Kier alpha value is -0.650. The molecular weight excluding hydrogens is 210 g/mol. The number of carboxylic acids is 1. The van der Waals surface area contributed by atoms with Crippen molar-refractivity contribution < 1.29 is 19.7 Å². The highest BCUT2D eigenvalue weighted by Gasteiger charge is 2.29. The van der Waals surface area contributed by atoms with Crippen molar-refractivity contribution in [1.29, 1.82) is 0 Å². The van der Waals surface area contributed by atoms with E-state index in [1.807, 2.05) is 11.8 Å². The van der Waals surface area contributed by atoms with Crippen LogP contribution in [0.2, 0.25) is 0 Å². The van der Waals surface area contributed by atoms with Crippen molar-refractivity contribution in [1.82, 2.24) is 4.90 Å². The number of nitrogens with zero attached hydrogens (tertiary/aromatic N) is 1. The Kier molecular flexibility index (Phi) is 5.73. The van der Waals surface area contributed by atoms with Gasteiger partial charge in [0.25, 0.3) is 0 Å². The van der Waals surface area contributed by atoms with E-state index in [-0.39, 0.29) is 6.61 Å². The fourth-order valence-electron chi connectivity index (χ4n) is 2.07. The van der Waals surface area contributed by atoms with E-state index in [4.69, 9.17) is 9.84 Å². The van der Waals surface area contributed by atoms with Crippen LogP contribution < -0.4 is 0 Å². The molecule has 0 bridgehead atoms. The van der Waals surface area contributed by atoms with Crippen LogP contribution in [0, 0.1) is 0 Å². The Morgan fingerprint density at radius 3 is 2.94 bits per heavy atom. The van der Waals surface area contributed by atoms with Gasteiger partial charge < -0.3 is 14.9 Å². The number of β-amino-alcohol motifs (C(OH)–C–C–N with tert-alkyl or cyclic N) is 1. The van der Waals surface area contributed by atoms with Crippen LogP contribution in [-0.4, -0.2) is 59.5 Å². The van der Waals surface area contributed by atoms with E-state index in [2.05, 4.69) is 0 Å². The molecule has 0 saturated carbocycles. The molecule has 1 aliphatic rings. The van der Waals surface area contributed by atoms with Crippen molar-refractivity contribution in [3.63, 3.8) is 0 Å². The molecular formula is C11H21NO4. The number of aliphatic carboxylic acids is 1. The minimum Gasteiger partial charge on any atom is -0.480 e. The number of piperidine rings is 1. The minimum atomic E-state index is -0.789. The van der Waals surface area contributed by atoms with Crippen LogP contribution >= 0.6 is 0 Å². The van der Waals surface area contributed by atoms with Gasteiger partial charge in [-0.2, -0.15) is 0 Å². The molecule has 0 radical (unpaired) electrons. The number of carbonyl (C=O) groups is 1. The predicted molar refractivity (Wildman–Crippen MR) is 59.3 cm³/mol. The molecule has 94 valence electrons. The summed E-state index contributed by atoms with van der Waals surface area (Å²) in [4.78, 5) is 12.8. The van der Waals surface area contributed by atoms with E-state index in [9.17, 15) is 9.90 Å². The van der Waals surface area contributed by atoms with E-state index >= 15 is 0 Å². The number of ether oxygens (including phenoxy) is 1. The van der Waals surface area contributed by atoms with Crippen LogP contribution in [0.25, 0.3) is 0 Å². The first-order chi connectivity index (χ1) is 7.65. The van der Waals surface area contributed by atoms with Crippen molar-refractivity contribution in [2.24, 2.45) is 0 Å². The number of carboxylic acid groups (broad SMARTS) is 1. The number of hydrogen-bond donors (Lipinski definition) is 2. The molecule has 1 saturated heterocycles. The molecule has 5 nitrogen and oxygen atoms in total. The Balaban J connectivity index is 2.39. The number of aliphatic hydroxyl groups is 1. The lowest BCUT2D eigenvalue weighted by atomic mass is 10.0. The number of rotatable bonds is 6. The molecule has 0 aromatic carbocycles. The van der Waals surface area contributed by atoms with E-state index in [1.165, 1.54) is 0 Å². The molecule has 16 heavy (non-hydrogen) atoms. The summed E-state index contributed by atoms with van der Waals surface area (Å²) in [6, 6.07) is -0.440. The van der Waals surface area contributed by atoms with Crippen LogP contribution in [0.1, 0.15) is 26.2 Å². The molecule has 0 aliphatic carbocycles. The van der Waals surface area contributed by atoms with E-state index < -0.39 is 18.1 Å². The van der Waals surface area contributed by atoms with E-state index in [0.29, 0.717) is 19.6 Å². The van der Waals surface area contributed by atoms with Crippen molar-refractivity contribution in [2.75, 3.05) is 26.3 Å². The first-order valence-electron chi connectivity index (χ1n) is 5.87. The third kappa shape index (κ3) is 4.08. The maximum Gasteiger partial charge on any atom is 0.320 e. The molecule has 0 amide bonds.